The minimum absolute atomic E-state index is 0.00998. The van der Waals surface area contributed by atoms with Gasteiger partial charge in [-0.15, -0.1) is 0 Å². The Morgan fingerprint density at radius 1 is 1.50 bits per heavy atom. The summed E-state index contributed by atoms with van der Waals surface area (Å²) in [6, 6.07) is 5.35. The number of anilines is 1. The molecule has 0 radical (unpaired) electrons. The molecule has 6 heteroatoms. The standard InChI is InChI=1S/C14H15N3O3/c1-20-13(18)8-15-9-4-5-11-10(7-9)14(19)17-6-2-3-12(17)16-11/h4-5,7,15H,2-3,6,8H2,1H3. The van der Waals surface area contributed by atoms with Gasteiger partial charge >= 0.3 is 5.97 Å². The minimum atomic E-state index is -0.353. The van der Waals surface area contributed by atoms with Gasteiger partial charge in [0.05, 0.1) is 18.0 Å². The van der Waals surface area contributed by atoms with Crippen LogP contribution in [-0.2, 0) is 22.5 Å². The number of carbonyl (C=O) groups excluding carboxylic acids is 1. The van der Waals surface area contributed by atoms with E-state index in [0.29, 0.717) is 16.6 Å². The number of hydrogen-bond acceptors (Lipinski definition) is 5. The van der Waals surface area contributed by atoms with Crippen LogP contribution in [0.25, 0.3) is 10.9 Å². The van der Waals surface area contributed by atoms with E-state index in [1.54, 1.807) is 16.7 Å². The van der Waals surface area contributed by atoms with Crippen molar-refractivity contribution in [3.8, 4) is 0 Å². The second-order valence-electron chi connectivity index (χ2n) is 4.75. The molecule has 0 saturated heterocycles. The molecule has 6 nitrogen and oxygen atoms in total. The molecule has 1 aliphatic rings. The smallest absolute Gasteiger partial charge is 0.325 e. The Kier molecular flexibility index (Phi) is 3.14. The molecule has 3 rings (SSSR count). The Morgan fingerprint density at radius 3 is 3.15 bits per heavy atom. The average Bonchev–Trinajstić information content (AvgIpc) is 2.93. The van der Waals surface area contributed by atoms with Gasteiger partial charge in [-0.05, 0) is 24.6 Å². The first kappa shape index (κ1) is 12.7. The molecule has 2 aromatic rings. The maximum atomic E-state index is 12.4. The van der Waals surface area contributed by atoms with Crippen molar-refractivity contribution in [3.05, 3.63) is 34.4 Å². The van der Waals surface area contributed by atoms with E-state index in [0.717, 1.165) is 25.2 Å². The normalized spacial score (nSPS) is 13.2. The summed E-state index contributed by atoms with van der Waals surface area (Å²) in [7, 11) is 1.34. The lowest BCUT2D eigenvalue weighted by Gasteiger charge is -2.08. The summed E-state index contributed by atoms with van der Waals surface area (Å²) in [5.74, 6) is 0.506. The monoisotopic (exact) mass is 273 g/mol. The van der Waals surface area contributed by atoms with Crippen LogP contribution in [0.15, 0.2) is 23.0 Å². The van der Waals surface area contributed by atoms with E-state index in [2.05, 4.69) is 15.0 Å². The number of nitrogens with one attached hydrogen (secondary N) is 1. The number of hydrogen-bond donors (Lipinski definition) is 1. The number of fused-ring (bicyclic) bond motifs is 2. The number of carbonyl (C=O) groups is 1. The second kappa shape index (κ2) is 4.96. The van der Waals surface area contributed by atoms with Gasteiger partial charge in [0.25, 0.3) is 5.56 Å². The lowest BCUT2D eigenvalue weighted by Crippen LogP contribution is -2.21. The highest BCUT2D eigenvalue weighted by atomic mass is 16.5. The maximum Gasteiger partial charge on any atom is 0.325 e. The van der Waals surface area contributed by atoms with Gasteiger partial charge in [0, 0.05) is 18.7 Å². The Balaban J connectivity index is 1.99. The van der Waals surface area contributed by atoms with Gasteiger partial charge in [-0.3, -0.25) is 14.2 Å². The summed E-state index contributed by atoms with van der Waals surface area (Å²) >= 11 is 0. The van der Waals surface area contributed by atoms with E-state index < -0.39 is 0 Å². The molecule has 0 atom stereocenters. The highest BCUT2D eigenvalue weighted by Gasteiger charge is 2.16. The summed E-state index contributed by atoms with van der Waals surface area (Å²) in [6.45, 7) is 0.804. The summed E-state index contributed by atoms with van der Waals surface area (Å²) in [6.07, 6.45) is 1.82. The van der Waals surface area contributed by atoms with Crippen LogP contribution >= 0.6 is 0 Å². The van der Waals surface area contributed by atoms with Gasteiger partial charge < -0.3 is 10.1 Å². The first-order chi connectivity index (χ1) is 9.69. The average molecular weight is 273 g/mol. The molecule has 0 bridgehead atoms. The first-order valence-corrected chi connectivity index (χ1v) is 6.53. The topological polar surface area (TPSA) is 73.2 Å². The molecule has 1 N–H and O–H groups in total. The van der Waals surface area contributed by atoms with Gasteiger partial charge in [-0.25, -0.2) is 4.98 Å². The van der Waals surface area contributed by atoms with Crippen molar-refractivity contribution in [3.63, 3.8) is 0 Å². The first-order valence-electron chi connectivity index (χ1n) is 6.53. The lowest BCUT2D eigenvalue weighted by atomic mass is 10.2. The van der Waals surface area contributed by atoms with Crippen LogP contribution in [0.3, 0.4) is 0 Å². The van der Waals surface area contributed by atoms with Crippen LogP contribution in [0.1, 0.15) is 12.2 Å². The van der Waals surface area contributed by atoms with Crippen LogP contribution < -0.4 is 10.9 Å². The molecule has 1 aromatic heterocycles. The highest BCUT2D eigenvalue weighted by molar-refractivity contribution is 5.83. The van der Waals surface area contributed by atoms with Gasteiger partial charge in [0.1, 0.15) is 12.4 Å². The highest BCUT2D eigenvalue weighted by Crippen LogP contribution is 2.18. The van der Waals surface area contributed by atoms with Crippen LogP contribution in [0, 0.1) is 0 Å². The number of esters is 1. The Morgan fingerprint density at radius 2 is 2.35 bits per heavy atom. The van der Waals surface area contributed by atoms with E-state index in [-0.39, 0.29) is 18.1 Å². The summed E-state index contributed by atoms with van der Waals surface area (Å²) in [4.78, 5) is 28.0. The van der Waals surface area contributed by atoms with E-state index >= 15 is 0 Å². The van der Waals surface area contributed by atoms with Crippen molar-refractivity contribution in [1.82, 2.24) is 9.55 Å². The minimum Gasteiger partial charge on any atom is -0.468 e. The molecule has 0 spiro atoms. The predicted octanol–water partition coefficient (Wildman–Crippen LogP) is 0.928. The molecule has 0 unspecified atom stereocenters. The third-order valence-corrected chi connectivity index (χ3v) is 3.48. The van der Waals surface area contributed by atoms with E-state index in [4.69, 9.17) is 0 Å². The van der Waals surface area contributed by atoms with Crippen LogP contribution in [0.2, 0.25) is 0 Å². The predicted molar refractivity (Wildman–Crippen MR) is 74.8 cm³/mol. The van der Waals surface area contributed by atoms with Crippen LogP contribution in [-0.4, -0.2) is 29.2 Å². The van der Waals surface area contributed by atoms with Crippen molar-refractivity contribution >= 4 is 22.6 Å². The third-order valence-electron chi connectivity index (χ3n) is 3.48. The SMILES string of the molecule is COC(=O)CNc1ccc2nc3n(c(=O)c2c1)CCC3. The summed E-state index contributed by atoms with van der Waals surface area (Å²) in [5, 5.41) is 3.51. The fourth-order valence-corrected chi connectivity index (χ4v) is 2.44. The van der Waals surface area contributed by atoms with Crippen molar-refractivity contribution in [2.75, 3.05) is 19.0 Å². The molecule has 0 fully saturated rings. The zero-order valence-electron chi connectivity index (χ0n) is 11.2. The van der Waals surface area contributed by atoms with E-state index in [1.807, 2.05) is 6.07 Å². The molecule has 1 aliphatic heterocycles. The summed E-state index contributed by atoms with van der Waals surface area (Å²) < 4.78 is 6.29. The molecule has 1 aromatic carbocycles. The van der Waals surface area contributed by atoms with Crippen molar-refractivity contribution < 1.29 is 9.53 Å². The van der Waals surface area contributed by atoms with Crippen LogP contribution in [0.5, 0.6) is 0 Å². The zero-order valence-corrected chi connectivity index (χ0v) is 11.2. The van der Waals surface area contributed by atoms with Gasteiger partial charge in [0.2, 0.25) is 0 Å². The van der Waals surface area contributed by atoms with Crippen LogP contribution in [0.4, 0.5) is 5.69 Å². The molecule has 20 heavy (non-hydrogen) atoms. The number of benzene rings is 1. The molecule has 0 aliphatic carbocycles. The fourth-order valence-electron chi connectivity index (χ4n) is 2.44. The van der Waals surface area contributed by atoms with Crippen molar-refractivity contribution in [2.45, 2.75) is 19.4 Å². The van der Waals surface area contributed by atoms with Gasteiger partial charge in [-0.2, -0.15) is 0 Å². The lowest BCUT2D eigenvalue weighted by molar-refractivity contribution is -0.138. The Hall–Kier alpha value is -2.37. The molecule has 0 saturated carbocycles. The third kappa shape index (κ3) is 2.13. The number of rotatable bonds is 3. The second-order valence-corrected chi connectivity index (χ2v) is 4.75. The van der Waals surface area contributed by atoms with Gasteiger partial charge in [-0.1, -0.05) is 0 Å². The quantitative estimate of drug-likeness (QED) is 0.842. The van der Waals surface area contributed by atoms with E-state index in [1.165, 1.54) is 7.11 Å². The number of ether oxygens (including phenoxy) is 1. The molecule has 2 heterocycles. The fraction of sp³-hybridized carbons (Fsp3) is 0.357. The molecular weight excluding hydrogens is 258 g/mol. The molecule has 0 amide bonds. The van der Waals surface area contributed by atoms with Crippen molar-refractivity contribution in [2.24, 2.45) is 0 Å². The van der Waals surface area contributed by atoms with Crippen molar-refractivity contribution in [1.29, 1.82) is 0 Å². The maximum absolute atomic E-state index is 12.4. The summed E-state index contributed by atoms with van der Waals surface area (Å²) in [5.41, 5.74) is 1.40. The van der Waals surface area contributed by atoms with E-state index in [9.17, 15) is 9.59 Å². The number of aryl methyl sites for hydroxylation is 1. The number of nitrogens with zero attached hydrogens (tertiary/aromatic N) is 2. The molecule has 104 valence electrons. The van der Waals surface area contributed by atoms with Gasteiger partial charge in [0.15, 0.2) is 0 Å². The number of aromatic nitrogens is 2. The Bertz CT molecular complexity index is 736. The largest absolute Gasteiger partial charge is 0.468 e. The zero-order chi connectivity index (χ0) is 14.1. The number of methoxy groups -OCH3 is 1. The molecular formula is C14H15N3O3. The Labute approximate surface area is 115 Å².